The van der Waals surface area contributed by atoms with Gasteiger partial charge in [-0.15, -0.1) is 0 Å². The van der Waals surface area contributed by atoms with Crippen molar-refractivity contribution in [2.45, 2.75) is 18.9 Å². The van der Waals surface area contributed by atoms with Crippen molar-refractivity contribution in [1.82, 2.24) is 14.7 Å². The number of nitrogens with zero attached hydrogens (tertiary/aromatic N) is 3. The molecule has 1 unspecified atom stereocenters. The summed E-state index contributed by atoms with van der Waals surface area (Å²) in [6.07, 6.45) is 3.90. The smallest absolute Gasteiger partial charge is 0.223 e. The number of phenolic OH excluding ortho intramolecular Hbond substituents is 1. The first-order valence-corrected chi connectivity index (χ1v) is 9.06. The van der Waals surface area contributed by atoms with E-state index >= 15 is 0 Å². The molecule has 140 valence electrons. The van der Waals surface area contributed by atoms with E-state index in [1.165, 1.54) is 0 Å². The Balaban J connectivity index is 1.85. The number of amides is 1. The van der Waals surface area contributed by atoms with Gasteiger partial charge in [-0.25, -0.2) is 0 Å². The summed E-state index contributed by atoms with van der Waals surface area (Å²) < 4.78 is 1.72. The summed E-state index contributed by atoms with van der Waals surface area (Å²) in [6.45, 7) is 0.488. The van der Waals surface area contributed by atoms with Crippen LogP contribution in [-0.4, -0.2) is 32.7 Å². The predicted octanol–water partition coefficient (Wildman–Crippen LogP) is 3.96. The second-order valence-electron chi connectivity index (χ2n) is 6.65. The van der Waals surface area contributed by atoms with Crippen molar-refractivity contribution < 1.29 is 9.90 Å². The van der Waals surface area contributed by atoms with Gasteiger partial charge in [0.1, 0.15) is 5.75 Å². The highest BCUT2D eigenvalue weighted by Crippen LogP contribution is 2.34. The lowest BCUT2D eigenvalue weighted by atomic mass is 9.88. The van der Waals surface area contributed by atoms with Crippen LogP contribution >= 0.6 is 11.6 Å². The summed E-state index contributed by atoms with van der Waals surface area (Å²) in [5, 5.41) is 14.6. The van der Waals surface area contributed by atoms with E-state index in [1.54, 1.807) is 41.0 Å². The Bertz CT molecular complexity index is 938. The first kappa shape index (κ1) is 19.0. The third kappa shape index (κ3) is 4.68. The van der Waals surface area contributed by atoms with E-state index in [9.17, 15) is 9.90 Å². The van der Waals surface area contributed by atoms with Gasteiger partial charge < -0.3 is 10.0 Å². The van der Waals surface area contributed by atoms with Gasteiger partial charge >= 0.3 is 0 Å². The van der Waals surface area contributed by atoms with Gasteiger partial charge in [-0.3, -0.25) is 9.48 Å². The second kappa shape index (κ2) is 8.27. The maximum Gasteiger partial charge on any atom is 0.223 e. The zero-order chi connectivity index (χ0) is 19.4. The Labute approximate surface area is 163 Å². The van der Waals surface area contributed by atoms with Crippen molar-refractivity contribution in [3.8, 4) is 5.75 Å². The van der Waals surface area contributed by atoms with Gasteiger partial charge in [0.05, 0.1) is 6.20 Å². The zero-order valence-corrected chi connectivity index (χ0v) is 16.1. The molecule has 0 saturated heterocycles. The van der Waals surface area contributed by atoms with E-state index in [1.807, 2.05) is 43.6 Å². The molecule has 0 aliphatic heterocycles. The highest BCUT2D eigenvalue weighted by atomic mass is 35.5. The van der Waals surface area contributed by atoms with Crippen LogP contribution in [0, 0.1) is 0 Å². The Morgan fingerprint density at radius 2 is 2.04 bits per heavy atom. The van der Waals surface area contributed by atoms with E-state index in [0.717, 1.165) is 16.7 Å². The Hall–Kier alpha value is -2.79. The average Bonchev–Trinajstić information content (AvgIpc) is 3.05. The number of carbonyl (C=O) groups excluding carboxylic acids is 1. The fraction of sp³-hybridized carbons (Fsp3) is 0.238. The lowest BCUT2D eigenvalue weighted by Crippen LogP contribution is -2.27. The van der Waals surface area contributed by atoms with E-state index in [4.69, 9.17) is 11.6 Å². The lowest BCUT2D eigenvalue weighted by Gasteiger charge is -2.23. The number of halogens is 1. The summed E-state index contributed by atoms with van der Waals surface area (Å²) in [7, 11) is 3.63. The molecule has 0 fully saturated rings. The van der Waals surface area contributed by atoms with E-state index in [2.05, 4.69) is 5.10 Å². The minimum atomic E-state index is -0.241. The summed E-state index contributed by atoms with van der Waals surface area (Å²) in [5.41, 5.74) is 2.69. The van der Waals surface area contributed by atoms with Gasteiger partial charge in [0.15, 0.2) is 0 Å². The third-order valence-corrected chi connectivity index (χ3v) is 4.88. The van der Waals surface area contributed by atoms with Crippen LogP contribution in [0.1, 0.15) is 29.0 Å². The molecule has 1 atom stereocenters. The predicted molar refractivity (Wildman–Crippen MR) is 106 cm³/mol. The lowest BCUT2D eigenvalue weighted by molar-refractivity contribution is -0.130. The summed E-state index contributed by atoms with van der Waals surface area (Å²) in [5.74, 6) is -0.0810. The van der Waals surface area contributed by atoms with Crippen molar-refractivity contribution in [3.05, 3.63) is 82.6 Å². The largest absolute Gasteiger partial charge is 0.508 e. The van der Waals surface area contributed by atoms with Crippen LogP contribution < -0.4 is 0 Å². The van der Waals surface area contributed by atoms with Gasteiger partial charge in [0, 0.05) is 49.8 Å². The van der Waals surface area contributed by atoms with Gasteiger partial charge in [-0.1, -0.05) is 41.9 Å². The SMILES string of the molecule is CN(Cc1cnn(C)c1)C(=O)CC(c1cccc(O)c1)c1ccccc1Cl. The van der Waals surface area contributed by atoms with E-state index in [-0.39, 0.29) is 24.0 Å². The molecular weight excluding hydrogens is 362 g/mol. The number of phenols is 1. The topological polar surface area (TPSA) is 58.4 Å². The highest BCUT2D eigenvalue weighted by molar-refractivity contribution is 6.31. The third-order valence-electron chi connectivity index (χ3n) is 4.54. The van der Waals surface area contributed by atoms with Gasteiger partial charge in [-0.05, 0) is 29.3 Å². The van der Waals surface area contributed by atoms with Crippen LogP contribution in [0.2, 0.25) is 5.02 Å². The Kier molecular flexibility index (Phi) is 5.81. The standard InChI is InChI=1S/C21H22ClN3O2/c1-24(13-15-12-23-25(2)14-15)21(27)11-19(16-6-5-7-17(26)10-16)18-8-3-4-9-20(18)22/h3-10,12,14,19,26H,11,13H2,1-2H3. The molecule has 0 spiro atoms. The number of hydrogen-bond donors (Lipinski definition) is 1. The first-order chi connectivity index (χ1) is 12.9. The Morgan fingerprint density at radius 3 is 2.70 bits per heavy atom. The Morgan fingerprint density at radius 1 is 1.26 bits per heavy atom. The molecule has 2 aromatic carbocycles. The number of carbonyl (C=O) groups is 1. The number of aromatic hydroxyl groups is 1. The fourth-order valence-electron chi connectivity index (χ4n) is 3.15. The van der Waals surface area contributed by atoms with Crippen LogP contribution in [0.25, 0.3) is 0 Å². The van der Waals surface area contributed by atoms with E-state index < -0.39 is 0 Å². The van der Waals surface area contributed by atoms with Crippen molar-refractivity contribution in [2.75, 3.05) is 7.05 Å². The molecule has 27 heavy (non-hydrogen) atoms. The number of aryl methyl sites for hydroxylation is 1. The molecule has 0 radical (unpaired) electrons. The summed E-state index contributed by atoms with van der Waals surface area (Å²) in [4.78, 5) is 14.6. The van der Waals surface area contributed by atoms with Crippen LogP contribution in [0.5, 0.6) is 5.75 Å². The molecule has 1 N–H and O–H groups in total. The van der Waals surface area contributed by atoms with Crippen LogP contribution in [-0.2, 0) is 18.4 Å². The maximum absolute atomic E-state index is 12.9. The van der Waals surface area contributed by atoms with Crippen LogP contribution in [0.4, 0.5) is 0 Å². The van der Waals surface area contributed by atoms with Crippen molar-refractivity contribution in [2.24, 2.45) is 7.05 Å². The molecule has 3 aromatic rings. The molecule has 0 saturated carbocycles. The number of rotatable bonds is 6. The molecule has 1 amide bonds. The van der Waals surface area contributed by atoms with Gasteiger partial charge in [-0.2, -0.15) is 5.10 Å². The second-order valence-corrected chi connectivity index (χ2v) is 7.05. The van der Waals surface area contributed by atoms with Crippen molar-refractivity contribution in [1.29, 1.82) is 0 Å². The summed E-state index contributed by atoms with van der Waals surface area (Å²) in [6, 6.07) is 14.5. The summed E-state index contributed by atoms with van der Waals surface area (Å²) >= 11 is 6.41. The molecule has 1 aromatic heterocycles. The number of hydrogen-bond acceptors (Lipinski definition) is 3. The normalized spacial score (nSPS) is 12.0. The highest BCUT2D eigenvalue weighted by Gasteiger charge is 2.23. The van der Waals surface area contributed by atoms with Crippen LogP contribution in [0.15, 0.2) is 60.9 Å². The average molecular weight is 384 g/mol. The molecule has 0 aliphatic rings. The van der Waals surface area contributed by atoms with Gasteiger partial charge in [0.2, 0.25) is 5.91 Å². The molecule has 6 heteroatoms. The quantitative estimate of drug-likeness (QED) is 0.700. The molecule has 1 heterocycles. The monoisotopic (exact) mass is 383 g/mol. The van der Waals surface area contributed by atoms with Crippen LogP contribution in [0.3, 0.4) is 0 Å². The fourth-order valence-corrected chi connectivity index (χ4v) is 3.42. The molecule has 0 aliphatic carbocycles. The van der Waals surface area contributed by atoms with Gasteiger partial charge in [0.25, 0.3) is 0 Å². The molecular formula is C21H22ClN3O2. The van der Waals surface area contributed by atoms with Crippen molar-refractivity contribution in [3.63, 3.8) is 0 Å². The van der Waals surface area contributed by atoms with Crippen molar-refractivity contribution >= 4 is 17.5 Å². The first-order valence-electron chi connectivity index (χ1n) is 8.69. The minimum Gasteiger partial charge on any atom is -0.508 e. The number of aromatic nitrogens is 2. The number of benzene rings is 2. The maximum atomic E-state index is 12.9. The zero-order valence-electron chi connectivity index (χ0n) is 15.3. The molecule has 5 nitrogen and oxygen atoms in total. The minimum absolute atomic E-state index is 0.00730. The van der Waals surface area contributed by atoms with E-state index in [0.29, 0.717) is 11.6 Å². The molecule has 3 rings (SSSR count). The molecule has 0 bridgehead atoms.